The van der Waals surface area contributed by atoms with Crippen LogP contribution in [0.2, 0.25) is 0 Å². The molecule has 0 aliphatic rings. The second kappa shape index (κ2) is 8.77. The summed E-state index contributed by atoms with van der Waals surface area (Å²) in [7, 11) is 0. The van der Waals surface area contributed by atoms with Crippen LogP contribution in [0.25, 0.3) is 0 Å². The van der Waals surface area contributed by atoms with Gasteiger partial charge in [0.05, 0.1) is 12.2 Å². The third-order valence-electron chi connectivity index (χ3n) is 3.56. The molecule has 0 saturated heterocycles. The molecule has 1 amide bonds. The molecular weight excluding hydrogens is 320 g/mol. The number of aromatic nitrogens is 2. The minimum atomic E-state index is -0.361. The van der Waals surface area contributed by atoms with Crippen molar-refractivity contribution in [1.29, 1.82) is 0 Å². The number of anilines is 2. The number of rotatable bonds is 7. The Bertz CT molecular complexity index is 731. The highest BCUT2D eigenvalue weighted by molar-refractivity contribution is 5.93. The van der Waals surface area contributed by atoms with Gasteiger partial charge < -0.3 is 15.4 Å². The lowest BCUT2D eigenvalue weighted by atomic mass is 10.2. The first-order valence-corrected chi connectivity index (χ1v) is 8.20. The van der Waals surface area contributed by atoms with Crippen molar-refractivity contribution in [3.63, 3.8) is 0 Å². The molecule has 0 aliphatic heterocycles. The van der Waals surface area contributed by atoms with Gasteiger partial charge in [0.1, 0.15) is 17.8 Å². The first-order chi connectivity index (χ1) is 12.0. The molecule has 1 atom stereocenters. The van der Waals surface area contributed by atoms with E-state index in [0.717, 1.165) is 12.1 Å². The minimum Gasteiger partial charge on any atom is -0.462 e. The summed E-state index contributed by atoms with van der Waals surface area (Å²) in [5.74, 6) is -0.106. The Labute approximate surface area is 146 Å². The molecule has 0 saturated carbocycles. The van der Waals surface area contributed by atoms with Crippen molar-refractivity contribution >= 4 is 23.4 Å². The lowest BCUT2D eigenvalue weighted by Crippen LogP contribution is -2.32. The monoisotopic (exact) mass is 342 g/mol. The number of amides is 1. The van der Waals surface area contributed by atoms with Crippen molar-refractivity contribution in [2.45, 2.75) is 33.2 Å². The molecule has 1 aromatic carbocycles. The molecule has 7 nitrogen and oxygen atoms in total. The molecule has 1 unspecified atom stereocenters. The Morgan fingerprint density at radius 2 is 1.88 bits per heavy atom. The number of carbonyl (C=O) groups is 2. The summed E-state index contributed by atoms with van der Waals surface area (Å²) < 4.78 is 4.94. The molecular formula is C18H22N4O3. The van der Waals surface area contributed by atoms with Gasteiger partial charge in [-0.1, -0.05) is 6.92 Å². The summed E-state index contributed by atoms with van der Waals surface area (Å²) >= 11 is 0. The van der Waals surface area contributed by atoms with Gasteiger partial charge in [-0.3, -0.25) is 4.79 Å². The minimum absolute atomic E-state index is 0.0781. The lowest BCUT2D eigenvalue weighted by molar-refractivity contribution is 0.0526. The highest BCUT2D eigenvalue weighted by atomic mass is 16.5. The van der Waals surface area contributed by atoms with Gasteiger partial charge in [-0.05, 0) is 44.5 Å². The molecule has 0 radical (unpaired) electrons. The Hall–Kier alpha value is -2.96. The van der Waals surface area contributed by atoms with Gasteiger partial charge in [0.15, 0.2) is 0 Å². The van der Waals surface area contributed by atoms with Crippen LogP contribution in [0.1, 0.15) is 48.0 Å². The van der Waals surface area contributed by atoms with Gasteiger partial charge in [-0.25, -0.2) is 14.8 Å². The van der Waals surface area contributed by atoms with E-state index in [9.17, 15) is 9.59 Å². The molecule has 0 bridgehead atoms. The predicted molar refractivity (Wildman–Crippen MR) is 94.9 cm³/mol. The van der Waals surface area contributed by atoms with Crippen molar-refractivity contribution in [2.75, 3.05) is 11.9 Å². The smallest absolute Gasteiger partial charge is 0.338 e. The standard InChI is InChI=1S/C18H22N4O3/c1-4-12(3)21-17(23)15-10-16(20-11-19-15)22-14-8-6-13(7-9-14)18(24)25-5-2/h6-12H,4-5H2,1-3H3,(H,21,23)(H,19,20,22). The van der Waals surface area contributed by atoms with Gasteiger partial charge in [0.25, 0.3) is 5.91 Å². The zero-order valence-electron chi connectivity index (χ0n) is 14.6. The zero-order chi connectivity index (χ0) is 18.2. The average Bonchev–Trinajstić information content (AvgIpc) is 2.62. The van der Waals surface area contributed by atoms with Crippen LogP contribution in [0.3, 0.4) is 0 Å². The highest BCUT2D eigenvalue weighted by Crippen LogP contribution is 2.16. The van der Waals surface area contributed by atoms with Gasteiger partial charge in [-0.2, -0.15) is 0 Å². The van der Waals surface area contributed by atoms with Crippen LogP contribution < -0.4 is 10.6 Å². The molecule has 0 spiro atoms. The van der Waals surface area contributed by atoms with E-state index >= 15 is 0 Å². The van der Waals surface area contributed by atoms with Crippen LogP contribution in [0.15, 0.2) is 36.7 Å². The second-order valence-electron chi connectivity index (χ2n) is 5.49. The summed E-state index contributed by atoms with van der Waals surface area (Å²) in [5.41, 5.74) is 1.50. The van der Waals surface area contributed by atoms with E-state index in [-0.39, 0.29) is 17.9 Å². The molecule has 0 fully saturated rings. The SMILES string of the molecule is CCOC(=O)c1ccc(Nc2cc(C(=O)NC(C)CC)ncn2)cc1. The number of hydrogen-bond donors (Lipinski definition) is 2. The predicted octanol–water partition coefficient (Wildman–Crippen LogP) is 2.93. The number of benzene rings is 1. The van der Waals surface area contributed by atoms with Gasteiger partial charge in [-0.15, -0.1) is 0 Å². The normalized spacial score (nSPS) is 11.5. The number of carbonyl (C=O) groups excluding carboxylic acids is 2. The summed E-state index contributed by atoms with van der Waals surface area (Å²) in [6, 6.07) is 8.47. The largest absolute Gasteiger partial charge is 0.462 e. The number of esters is 1. The van der Waals surface area contributed by atoms with Gasteiger partial charge in [0.2, 0.25) is 0 Å². The Morgan fingerprint density at radius 3 is 2.52 bits per heavy atom. The summed E-state index contributed by atoms with van der Waals surface area (Å²) in [6.07, 6.45) is 2.18. The Kier molecular flexibility index (Phi) is 6.45. The quantitative estimate of drug-likeness (QED) is 0.752. The van der Waals surface area contributed by atoms with E-state index < -0.39 is 0 Å². The maximum absolute atomic E-state index is 12.1. The maximum atomic E-state index is 12.1. The van der Waals surface area contributed by atoms with Crippen molar-refractivity contribution in [2.24, 2.45) is 0 Å². The summed E-state index contributed by atoms with van der Waals surface area (Å²) in [4.78, 5) is 31.9. The van der Waals surface area contributed by atoms with Crippen molar-refractivity contribution in [1.82, 2.24) is 15.3 Å². The van der Waals surface area contributed by atoms with E-state index in [1.165, 1.54) is 6.33 Å². The van der Waals surface area contributed by atoms with E-state index in [2.05, 4.69) is 20.6 Å². The van der Waals surface area contributed by atoms with Crippen LogP contribution in [0.4, 0.5) is 11.5 Å². The zero-order valence-corrected chi connectivity index (χ0v) is 14.6. The van der Waals surface area contributed by atoms with Crippen LogP contribution in [0, 0.1) is 0 Å². The first-order valence-electron chi connectivity index (χ1n) is 8.20. The fourth-order valence-electron chi connectivity index (χ4n) is 2.00. The van der Waals surface area contributed by atoms with Gasteiger partial charge in [0, 0.05) is 17.8 Å². The maximum Gasteiger partial charge on any atom is 0.338 e. The molecule has 2 rings (SSSR count). The molecule has 7 heteroatoms. The van der Waals surface area contributed by atoms with E-state index in [1.54, 1.807) is 37.3 Å². The van der Waals surface area contributed by atoms with Crippen LogP contribution in [-0.2, 0) is 4.74 Å². The topological polar surface area (TPSA) is 93.2 Å². The number of hydrogen-bond acceptors (Lipinski definition) is 6. The van der Waals surface area contributed by atoms with E-state index in [0.29, 0.717) is 23.7 Å². The number of nitrogens with one attached hydrogen (secondary N) is 2. The fourth-order valence-corrected chi connectivity index (χ4v) is 2.00. The van der Waals surface area contributed by atoms with Crippen LogP contribution >= 0.6 is 0 Å². The molecule has 1 heterocycles. The van der Waals surface area contributed by atoms with Crippen LogP contribution in [-0.4, -0.2) is 34.5 Å². The van der Waals surface area contributed by atoms with Crippen LogP contribution in [0.5, 0.6) is 0 Å². The fraction of sp³-hybridized carbons (Fsp3) is 0.333. The molecule has 2 N–H and O–H groups in total. The van der Waals surface area contributed by atoms with E-state index in [4.69, 9.17) is 4.74 Å². The van der Waals surface area contributed by atoms with Crippen molar-refractivity contribution < 1.29 is 14.3 Å². The second-order valence-corrected chi connectivity index (χ2v) is 5.49. The number of nitrogens with zero attached hydrogens (tertiary/aromatic N) is 2. The number of ether oxygens (including phenoxy) is 1. The third kappa shape index (κ3) is 5.27. The Balaban J connectivity index is 2.06. The molecule has 132 valence electrons. The van der Waals surface area contributed by atoms with E-state index in [1.807, 2.05) is 13.8 Å². The molecule has 2 aromatic rings. The van der Waals surface area contributed by atoms with Gasteiger partial charge >= 0.3 is 5.97 Å². The molecule has 1 aromatic heterocycles. The molecule has 0 aliphatic carbocycles. The summed E-state index contributed by atoms with van der Waals surface area (Å²) in [5, 5.41) is 5.94. The summed E-state index contributed by atoms with van der Waals surface area (Å²) in [6.45, 7) is 6.03. The first kappa shape index (κ1) is 18.4. The van der Waals surface area contributed by atoms with Crippen molar-refractivity contribution in [3.05, 3.63) is 47.9 Å². The van der Waals surface area contributed by atoms with Crippen molar-refractivity contribution in [3.8, 4) is 0 Å². The highest BCUT2D eigenvalue weighted by Gasteiger charge is 2.11. The Morgan fingerprint density at radius 1 is 1.16 bits per heavy atom. The molecule has 25 heavy (non-hydrogen) atoms. The third-order valence-corrected chi connectivity index (χ3v) is 3.56. The average molecular weight is 342 g/mol. The lowest BCUT2D eigenvalue weighted by Gasteiger charge is -2.11.